The van der Waals surface area contributed by atoms with E-state index in [1.807, 2.05) is 25.1 Å². The third-order valence-corrected chi connectivity index (χ3v) is 3.31. The summed E-state index contributed by atoms with van der Waals surface area (Å²) >= 11 is 0. The molecule has 0 fully saturated rings. The number of aliphatic hydroxyl groups is 1. The van der Waals surface area contributed by atoms with E-state index in [2.05, 4.69) is 0 Å². The molecule has 1 atom stereocenters. The second-order valence-corrected chi connectivity index (χ2v) is 4.75. The molecule has 1 unspecified atom stereocenters. The van der Waals surface area contributed by atoms with Crippen LogP contribution in [0.2, 0.25) is 0 Å². The minimum atomic E-state index is -0.0253. The molecule has 0 aliphatic heterocycles. The Morgan fingerprint density at radius 3 is 2.60 bits per heavy atom. The van der Waals surface area contributed by atoms with E-state index in [1.165, 1.54) is 4.90 Å². The first-order valence-electron chi connectivity index (χ1n) is 6.60. The second-order valence-electron chi connectivity index (χ2n) is 4.75. The van der Waals surface area contributed by atoms with Gasteiger partial charge in [0.15, 0.2) is 0 Å². The van der Waals surface area contributed by atoms with Gasteiger partial charge in [0, 0.05) is 26.1 Å². The number of hydrogen-bond acceptors (Lipinski definition) is 4. The van der Waals surface area contributed by atoms with Gasteiger partial charge in [-0.2, -0.15) is 0 Å². The molecule has 0 aliphatic carbocycles. The van der Waals surface area contributed by atoms with E-state index in [-0.39, 0.29) is 18.4 Å². The van der Waals surface area contributed by atoms with E-state index in [0.29, 0.717) is 13.0 Å². The summed E-state index contributed by atoms with van der Waals surface area (Å²) in [6.07, 6.45) is 0.374. The molecule has 1 amide bonds. The number of carbonyl (C=O) groups is 1. The Kier molecular flexibility index (Phi) is 6.31. The molecule has 1 aromatic rings. The van der Waals surface area contributed by atoms with Crippen molar-refractivity contribution in [3.05, 3.63) is 23.8 Å². The zero-order valence-electron chi connectivity index (χ0n) is 12.5. The Morgan fingerprint density at radius 2 is 2.05 bits per heavy atom. The molecule has 0 saturated carbocycles. The number of rotatable bonds is 7. The summed E-state index contributed by atoms with van der Waals surface area (Å²) in [5, 5.41) is 8.85. The summed E-state index contributed by atoms with van der Waals surface area (Å²) in [6, 6.07) is 5.59. The Balaban J connectivity index is 2.81. The number of aliphatic hydroxyl groups excluding tert-OH is 1. The van der Waals surface area contributed by atoms with E-state index in [9.17, 15) is 4.79 Å². The van der Waals surface area contributed by atoms with Crippen LogP contribution >= 0.6 is 0 Å². The number of amides is 1. The number of methoxy groups -OCH3 is 2. The first kappa shape index (κ1) is 16.3. The number of likely N-dealkylation sites (N-methyl/N-ethyl adjacent to an activating group) is 1. The SMILES string of the molecule is COc1ccc(C(C)CC(=O)N(C)CCO)c(OC)c1. The average Bonchev–Trinajstić information content (AvgIpc) is 2.46. The Labute approximate surface area is 120 Å². The maximum absolute atomic E-state index is 12.0. The fraction of sp³-hybridized carbons (Fsp3) is 0.533. The fourth-order valence-electron chi connectivity index (χ4n) is 2.03. The second kappa shape index (κ2) is 7.75. The molecule has 20 heavy (non-hydrogen) atoms. The first-order valence-corrected chi connectivity index (χ1v) is 6.60. The molecule has 1 aromatic carbocycles. The van der Waals surface area contributed by atoms with Crippen LogP contribution < -0.4 is 9.47 Å². The lowest BCUT2D eigenvalue weighted by Gasteiger charge is -2.20. The lowest BCUT2D eigenvalue weighted by Crippen LogP contribution is -2.30. The maximum atomic E-state index is 12.0. The highest BCUT2D eigenvalue weighted by molar-refractivity contribution is 5.77. The van der Waals surface area contributed by atoms with Crippen LogP contribution in [0, 0.1) is 0 Å². The van der Waals surface area contributed by atoms with Gasteiger partial charge in [0.1, 0.15) is 11.5 Å². The third-order valence-electron chi connectivity index (χ3n) is 3.31. The van der Waals surface area contributed by atoms with Crippen molar-refractivity contribution in [1.82, 2.24) is 4.90 Å². The van der Waals surface area contributed by atoms with Crippen molar-refractivity contribution in [3.63, 3.8) is 0 Å². The van der Waals surface area contributed by atoms with Crippen LogP contribution in [0.1, 0.15) is 24.8 Å². The lowest BCUT2D eigenvalue weighted by atomic mass is 9.96. The topological polar surface area (TPSA) is 59.0 Å². The van der Waals surface area contributed by atoms with Crippen LogP contribution in [0.5, 0.6) is 11.5 Å². The highest BCUT2D eigenvalue weighted by Gasteiger charge is 2.18. The summed E-state index contributed by atoms with van der Waals surface area (Å²) in [5.41, 5.74) is 0.971. The molecule has 5 nitrogen and oxygen atoms in total. The number of nitrogens with zero attached hydrogens (tertiary/aromatic N) is 1. The van der Waals surface area contributed by atoms with Crippen LogP contribution in [0.25, 0.3) is 0 Å². The smallest absolute Gasteiger partial charge is 0.222 e. The standard InChI is InChI=1S/C15H23NO4/c1-11(9-15(18)16(2)7-8-17)13-6-5-12(19-3)10-14(13)20-4/h5-6,10-11,17H,7-9H2,1-4H3. The largest absolute Gasteiger partial charge is 0.497 e. The monoisotopic (exact) mass is 281 g/mol. The lowest BCUT2D eigenvalue weighted by molar-refractivity contribution is -0.130. The molecule has 0 radical (unpaired) electrons. The molecule has 0 saturated heterocycles. The van der Waals surface area contributed by atoms with Gasteiger partial charge in [0.25, 0.3) is 0 Å². The predicted molar refractivity (Wildman–Crippen MR) is 77.3 cm³/mol. The van der Waals surface area contributed by atoms with Crippen LogP contribution in [-0.2, 0) is 4.79 Å². The van der Waals surface area contributed by atoms with Crippen LogP contribution in [-0.4, -0.2) is 50.3 Å². The fourth-order valence-corrected chi connectivity index (χ4v) is 2.03. The molecule has 0 bridgehead atoms. The molecule has 1 rings (SSSR count). The summed E-state index contributed by atoms with van der Waals surface area (Å²) < 4.78 is 10.5. The summed E-state index contributed by atoms with van der Waals surface area (Å²) in [5.74, 6) is 1.48. The summed E-state index contributed by atoms with van der Waals surface area (Å²) in [4.78, 5) is 13.5. The Morgan fingerprint density at radius 1 is 1.35 bits per heavy atom. The summed E-state index contributed by atoms with van der Waals surface area (Å²) in [7, 11) is 4.90. The normalized spacial score (nSPS) is 11.8. The van der Waals surface area contributed by atoms with Crippen molar-refractivity contribution in [2.75, 3.05) is 34.4 Å². The van der Waals surface area contributed by atoms with Gasteiger partial charge in [-0.15, -0.1) is 0 Å². The molecule has 0 heterocycles. The molecule has 5 heteroatoms. The van der Waals surface area contributed by atoms with E-state index in [0.717, 1.165) is 17.1 Å². The van der Waals surface area contributed by atoms with Gasteiger partial charge in [0.2, 0.25) is 5.91 Å². The van der Waals surface area contributed by atoms with Gasteiger partial charge in [-0.1, -0.05) is 13.0 Å². The van der Waals surface area contributed by atoms with Gasteiger partial charge in [0.05, 0.1) is 20.8 Å². The van der Waals surface area contributed by atoms with E-state index < -0.39 is 0 Å². The molecule has 0 aromatic heterocycles. The highest BCUT2D eigenvalue weighted by Crippen LogP contribution is 2.32. The molecule has 0 spiro atoms. The molecule has 1 N–H and O–H groups in total. The highest BCUT2D eigenvalue weighted by atomic mass is 16.5. The molecule has 112 valence electrons. The van der Waals surface area contributed by atoms with E-state index in [4.69, 9.17) is 14.6 Å². The minimum Gasteiger partial charge on any atom is -0.497 e. The van der Waals surface area contributed by atoms with Crippen molar-refractivity contribution in [2.45, 2.75) is 19.3 Å². The van der Waals surface area contributed by atoms with Crippen LogP contribution in [0.3, 0.4) is 0 Å². The van der Waals surface area contributed by atoms with Gasteiger partial charge in [-0.3, -0.25) is 4.79 Å². The number of ether oxygens (including phenoxy) is 2. The van der Waals surface area contributed by atoms with E-state index in [1.54, 1.807) is 21.3 Å². The predicted octanol–water partition coefficient (Wildman–Crippen LogP) is 1.65. The zero-order chi connectivity index (χ0) is 15.1. The van der Waals surface area contributed by atoms with Gasteiger partial charge in [-0.05, 0) is 17.5 Å². The minimum absolute atomic E-state index is 0.00409. The molecule has 0 aliphatic rings. The Hall–Kier alpha value is -1.75. The van der Waals surface area contributed by atoms with E-state index >= 15 is 0 Å². The molecular formula is C15H23NO4. The Bertz CT molecular complexity index is 447. The van der Waals surface area contributed by atoms with Crippen LogP contribution in [0.4, 0.5) is 0 Å². The molecular weight excluding hydrogens is 258 g/mol. The average molecular weight is 281 g/mol. The summed E-state index contributed by atoms with van der Waals surface area (Å²) in [6.45, 7) is 2.31. The van der Waals surface area contributed by atoms with Gasteiger partial charge < -0.3 is 19.5 Å². The number of hydrogen-bond donors (Lipinski definition) is 1. The van der Waals surface area contributed by atoms with Crippen molar-refractivity contribution < 1.29 is 19.4 Å². The zero-order valence-corrected chi connectivity index (χ0v) is 12.5. The van der Waals surface area contributed by atoms with Crippen LogP contribution in [0.15, 0.2) is 18.2 Å². The first-order chi connectivity index (χ1) is 9.53. The van der Waals surface area contributed by atoms with Gasteiger partial charge >= 0.3 is 0 Å². The van der Waals surface area contributed by atoms with Crippen molar-refractivity contribution >= 4 is 5.91 Å². The van der Waals surface area contributed by atoms with Crippen molar-refractivity contribution in [3.8, 4) is 11.5 Å². The van der Waals surface area contributed by atoms with Crippen molar-refractivity contribution in [2.24, 2.45) is 0 Å². The maximum Gasteiger partial charge on any atom is 0.222 e. The number of benzene rings is 1. The number of carbonyl (C=O) groups excluding carboxylic acids is 1. The quantitative estimate of drug-likeness (QED) is 0.825. The third kappa shape index (κ3) is 4.13. The van der Waals surface area contributed by atoms with Crippen molar-refractivity contribution in [1.29, 1.82) is 0 Å². The van der Waals surface area contributed by atoms with Gasteiger partial charge in [-0.25, -0.2) is 0 Å².